The molecule has 17 heteroatoms. The quantitative estimate of drug-likeness (QED) is 0.102. The number of fused-ring (bicyclic) bond motifs is 2. The molecule has 67 heavy (non-hydrogen) atoms. The minimum absolute atomic E-state index is 0.0391. The Bertz CT molecular complexity index is 2880. The lowest BCUT2D eigenvalue weighted by Gasteiger charge is -2.38. The van der Waals surface area contributed by atoms with Gasteiger partial charge < -0.3 is 58.9 Å². The van der Waals surface area contributed by atoms with Gasteiger partial charge in [-0.25, -0.2) is 4.98 Å². The van der Waals surface area contributed by atoms with Crippen LogP contribution in [0.5, 0.6) is 11.5 Å². The number of allylic oxidation sites excluding steroid dienone is 2. The fraction of sp³-hybridized carbons (Fsp3) is 0.500. The van der Waals surface area contributed by atoms with Gasteiger partial charge in [0.05, 0.1) is 35.2 Å². The number of aromatic hydroxyl groups is 1. The number of nitrogens with one attached hydrogen (secondary N) is 1. The number of anilines is 2. The van der Waals surface area contributed by atoms with Crippen LogP contribution in [0, 0.1) is 30.6 Å². The highest BCUT2D eigenvalue weighted by Gasteiger charge is 2.44. The van der Waals surface area contributed by atoms with Gasteiger partial charge in [0.15, 0.2) is 22.4 Å². The molecule has 9 atom stereocenters. The smallest absolute Gasteiger partial charge is 0.307 e. The van der Waals surface area contributed by atoms with Crippen LogP contribution < -0.4 is 31.0 Å². The van der Waals surface area contributed by atoms with Gasteiger partial charge in [-0.05, 0) is 46.9 Å². The van der Waals surface area contributed by atoms with Crippen LogP contribution in [-0.2, 0) is 23.8 Å². The van der Waals surface area contributed by atoms with E-state index in [-0.39, 0.29) is 60.8 Å². The Morgan fingerprint density at radius 1 is 0.955 bits per heavy atom. The number of phenolic OH excluding ortho intramolecular Hbond substituents is 1. The van der Waals surface area contributed by atoms with Crippen molar-refractivity contribution in [1.82, 2.24) is 9.88 Å². The number of aliphatic hydroxyl groups excluding tert-OH is 3. The molecule has 0 aliphatic carbocycles. The zero-order valence-electron chi connectivity index (χ0n) is 39.9. The first-order chi connectivity index (χ1) is 31.6. The number of piperidine rings is 1. The molecular formula is C50H62N4O13. The zero-order chi connectivity index (χ0) is 49.0. The molecule has 7 rings (SSSR count). The molecule has 5 N–H and O–H groups in total. The number of benzene rings is 3. The lowest BCUT2D eigenvalue weighted by Crippen LogP contribution is -2.46. The summed E-state index contributed by atoms with van der Waals surface area (Å²) >= 11 is 0. The minimum Gasteiger partial charge on any atom is -0.507 e. The lowest BCUT2D eigenvalue weighted by atomic mass is 9.78. The highest BCUT2D eigenvalue weighted by atomic mass is 16.7. The van der Waals surface area contributed by atoms with Gasteiger partial charge in [0.25, 0.3) is 5.91 Å². The largest absolute Gasteiger partial charge is 0.507 e. The van der Waals surface area contributed by atoms with E-state index in [0.29, 0.717) is 24.8 Å². The number of esters is 1. The number of rotatable bonds is 4. The predicted molar refractivity (Wildman–Crippen MR) is 254 cm³/mol. The molecule has 3 aliphatic heterocycles. The van der Waals surface area contributed by atoms with E-state index in [1.165, 1.54) is 59.3 Å². The molecular weight excluding hydrogens is 865 g/mol. The van der Waals surface area contributed by atoms with Crippen molar-refractivity contribution in [1.29, 1.82) is 0 Å². The molecule has 1 aromatic heterocycles. The summed E-state index contributed by atoms with van der Waals surface area (Å²) in [5, 5.41) is 49.3. The molecule has 4 bridgehead atoms. The van der Waals surface area contributed by atoms with E-state index in [2.05, 4.69) is 15.1 Å². The van der Waals surface area contributed by atoms with Crippen molar-refractivity contribution in [2.45, 2.75) is 104 Å². The first-order valence-electron chi connectivity index (χ1n) is 22.6. The van der Waals surface area contributed by atoms with Gasteiger partial charge in [-0.2, -0.15) is 0 Å². The van der Waals surface area contributed by atoms with Crippen LogP contribution in [0.2, 0.25) is 0 Å². The third-order valence-corrected chi connectivity index (χ3v) is 14.0. The molecule has 17 nitrogen and oxygen atoms in total. The van der Waals surface area contributed by atoms with Crippen molar-refractivity contribution in [2.75, 3.05) is 44.5 Å². The zero-order valence-corrected chi connectivity index (χ0v) is 39.9. The molecule has 3 aliphatic rings. The Balaban J connectivity index is 1.47. The number of amides is 1. The second-order valence-corrected chi connectivity index (χ2v) is 18.7. The van der Waals surface area contributed by atoms with E-state index in [0.717, 1.165) is 12.8 Å². The monoisotopic (exact) mass is 926 g/mol. The number of carbonyl (C=O) groups excluding carboxylic acids is 2. The van der Waals surface area contributed by atoms with Gasteiger partial charge >= 0.3 is 11.8 Å². The number of phenols is 1. The number of carbonyl (C=O) groups is 2. The first kappa shape index (κ1) is 48.9. The normalized spacial score (nSPS) is 29.3. The lowest BCUT2D eigenvalue weighted by molar-refractivity contribution is -0.160. The summed E-state index contributed by atoms with van der Waals surface area (Å²) in [6, 6.07) is 3.54. The number of aliphatic hydroxyl groups is 3. The Hall–Kier alpha value is -6.01. The fourth-order valence-corrected chi connectivity index (χ4v) is 9.70. The van der Waals surface area contributed by atoms with E-state index < -0.39 is 88.1 Å². The summed E-state index contributed by atoms with van der Waals surface area (Å²) in [5.41, 5.74) is -1.35. The van der Waals surface area contributed by atoms with E-state index >= 15 is 0 Å². The Kier molecular flexibility index (Phi) is 13.8. The van der Waals surface area contributed by atoms with Crippen LogP contribution in [0.15, 0.2) is 62.3 Å². The average Bonchev–Trinajstić information content (AvgIpc) is 3.56. The van der Waals surface area contributed by atoms with Crippen molar-refractivity contribution in [3.8, 4) is 11.5 Å². The fourth-order valence-electron chi connectivity index (χ4n) is 9.70. The number of nitrogens with zero attached hydrogens (tertiary/aromatic N) is 3. The molecule has 0 saturated carbocycles. The SMILES string of the molecule is CO[C@H]1C=CO[C@@]2(C)Oc3c(C)c(O)c4c(=O)c(c5oc6cc(N7CCC(N(C)C)CC7)cc(=O)c6nc5c4c3=C2O)NC(=O)/C(C)=C\C=C/[C@H](C)[C@H](O)[C@@H](C)[C@@H](O)[C@@H](C)[C@H](OC(C)=O)[C@@H]1C. The minimum atomic E-state index is -1.98. The number of hydrogen-bond donors (Lipinski definition) is 5. The first-order valence-corrected chi connectivity index (χ1v) is 22.6. The number of hydrogen-bond acceptors (Lipinski definition) is 16. The molecule has 360 valence electrons. The van der Waals surface area contributed by atoms with Crippen LogP contribution in [0.4, 0.5) is 11.4 Å². The van der Waals surface area contributed by atoms with Crippen molar-refractivity contribution >= 4 is 62.0 Å². The molecule has 3 aromatic carbocycles. The van der Waals surface area contributed by atoms with Gasteiger partial charge in [-0.1, -0.05) is 45.9 Å². The van der Waals surface area contributed by atoms with E-state index in [4.69, 9.17) is 28.3 Å². The second-order valence-electron chi connectivity index (χ2n) is 18.7. The molecule has 1 fully saturated rings. The van der Waals surface area contributed by atoms with Crippen LogP contribution in [0.3, 0.4) is 0 Å². The Labute approximate surface area is 387 Å². The van der Waals surface area contributed by atoms with Crippen molar-refractivity contribution in [3.05, 3.63) is 79.5 Å². The highest BCUT2D eigenvalue weighted by molar-refractivity contribution is 6.16. The van der Waals surface area contributed by atoms with E-state index in [1.54, 1.807) is 45.9 Å². The summed E-state index contributed by atoms with van der Waals surface area (Å²) in [6.45, 7) is 14.0. The summed E-state index contributed by atoms with van der Waals surface area (Å²) in [6.07, 6.45) is 5.30. The molecule has 4 heterocycles. The third-order valence-electron chi connectivity index (χ3n) is 14.0. The second kappa shape index (κ2) is 18.9. The Morgan fingerprint density at radius 2 is 1.64 bits per heavy atom. The van der Waals surface area contributed by atoms with Crippen LogP contribution in [-0.4, -0.2) is 113 Å². The molecule has 0 unspecified atom stereocenters. The van der Waals surface area contributed by atoms with E-state index in [9.17, 15) is 39.6 Å². The number of ether oxygens (including phenoxy) is 4. The highest BCUT2D eigenvalue weighted by Crippen LogP contribution is 2.42. The van der Waals surface area contributed by atoms with Crippen LogP contribution >= 0.6 is 0 Å². The van der Waals surface area contributed by atoms with Crippen molar-refractivity contribution in [3.63, 3.8) is 0 Å². The van der Waals surface area contributed by atoms with E-state index in [1.807, 2.05) is 14.1 Å². The average molecular weight is 927 g/mol. The maximum atomic E-state index is 14.9. The topological polar surface area (TPSA) is 231 Å². The number of methoxy groups -OCH3 is 1. The molecule has 1 amide bonds. The van der Waals surface area contributed by atoms with Crippen LogP contribution in [0.1, 0.15) is 66.9 Å². The van der Waals surface area contributed by atoms with Gasteiger partial charge in [0.1, 0.15) is 28.8 Å². The van der Waals surface area contributed by atoms with Crippen molar-refractivity contribution in [2.24, 2.45) is 23.7 Å². The van der Waals surface area contributed by atoms with Gasteiger partial charge in [-0.3, -0.25) is 19.2 Å². The molecule has 4 aromatic rings. The number of aromatic nitrogens is 1. The standard InChI is InChI=1S/C50H62N4O13/c1-23-13-12-14-24(2)49(62)52-40-44(60)36-35(39-47(40)66-34-22-31(21-32(56)38(34)51-39)54-18-15-30(16-19-54)53(9)10)37-46(28(6)43(36)59)67-50(8,48(37)61)64-20-17-33(63-11)25(3)45(65-29(7)55)27(5)42(58)26(4)41(23)57/h12-14,17,20-23,25-27,30,33,41-42,45,57-59,61H,15-16,18-19H2,1-11H3,(H,52,62)/b13-12-,20-17?,24-14-/t23-,25+,26+,27+,33-,41-,42+,45+,50-/m0/s1. The predicted octanol–water partition coefficient (Wildman–Crippen LogP) is 5.09. The summed E-state index contributed by atoms with van der Waals surface area (Å²) in [7, 11) is 5.52. The Morgan fingerprint density at radius 3 is 2.28 bits per heavy atom. The summed E-state index contributed by atoms with van der Waals surface area (Å²) < 4.78 is 30.5. The van der Waals surface area contributed by atoms with Crippen molar-refractivity contribution < 1.29 is 53.4 Å². The maximum absolute atomic E-state index is 14.9. The van der Waals surface area contributed by atoms with Gasteiger partial charge in [-0.15, -0.1) is 0 Å². The molecule has 1 saturated heterocycles. The van der Waals surface area contributed by atoms with Gasteiger partial charge in [0, 0.05) is 98.1 Å². The molecule has 0 spiro atoms. The van der Waals surface area contributed by atoms with Gasteiger partial charge in [0.2, 0.25) is 10.9 Å². The summed E-state index contributed by atoms with van der Waals surface area (Å²) in [5.74, 6) is -6.93. The molecule has 0 radical (unpaired) electrons. The maximum Gasteiger partial charge on any atom is 0.307 e. The summed E-state index contributed by atoms with van der Waals surface area (Å²) in [4.78, 5) is 64.4. The van der Waals surface area contributed by atoms with Crippen LogP contribution in [0.25, 0.3) is 38.7 Å². The third kappa shape index (κ3) is 8.97.